The molecule has 36 heavy (non-hydrogen) atoms. The number of benzene rings is 1. The lowest BCUT2D eigenvalue weighted by molar-refractivity contribution is -0.133. The number of nitrogens with one attached hydrogen (secondary N) is 3. The van der Waals surface area contributed by atoms with Crippen molar-refractivity contribution in [2.45, 2.75) is 38.8 Å². The number of H-pyrrole nitrogens is 1. The van der Waals surface area contributed by atoms with Crippen LogP contribution in [0.25, 0.3) is 10.9 Å². The van der Waals surface area contributed by atoms with Crippen LogP contribution in [0.2, 0.25) is 10.0 Å². The number of piperidine rings is 1. The van der Waals surface area contributed by atoms with Crippen molar-refractivity contribution in [3.8, 4) is 0 Å². The fourth-order valence-electron chi connectivity index (χ4n) is 6.02. The van der Waals surface area contributed by atoms with Crippen LogP contribution in [0, 0.1) is 23.2 Å². The molecule has 3 aliphatic rings. The van der Waals surface area contributed by atoms with E-state index in [0.29, 0.717) is 40.5 Å². The Labute approximate surface area is 217 Å². The fraction of sp³-hybridized carbons (Fsp3) is 0.520. The van der Waals surface area contributed by atoms with Gasteiger partial charge in [0.25, 0.3) is 5.91 Å². The number of carbonyl (C=O) groups excluding carboxylic acids is 4. The van der Waals surface area contributed by atoms with Gasteiger partial charge in [-0.05, 0) is 48.3 Å². The molecule has 1 aromatic carbocycles. The van der Waals surface area contributed by atoms with Crippen LogP contribution in [-0.4, -0.2) is 70.3 Å². The lowest BCUT2D eigenvalue weighted by Gasteiger charge is -2.31. The van der Waals surface area contributed by atoms with Crippen LogP contribution in [-0.2, 0) is 14.4 Å². The molecule has 1 saturated carbocycles. The van der Waals surface area contributed by atoms with Crippen molar-refractivity contribution in [2.24, 2.45) is 23.2 Å². The van der Waals surface area contributed by atoms with E-state index in [2.05, 4.69) is 29.5 Å². The van der Waals surface area contributed by atoms with E-state index >= 15 is 0 Å². The summed E-state index contributed by atoms with van der Waals surface area (Å²) < 4.78 is 0. The van der Waals surface area contributed by atoms with Gasteiger partial charge in [0.2, 0.25) is 11.8 Å². The number of hydrogen-bond donors (Lipinski definition) is 4. The Hall–Kier alpha value is -2.62. The second-order valence-electron chi connectivity index (χ2n) is 10.6. The molecule has 5 rings (SSSR count). The SMILES string of the molecule is CC1(C)[C@@H]2[C@@H](C(=O)N[C@@H](C[C@@H]3CCNC3=O)C(=O)CO)N(C(=O)c3cc4c(Cl)cc(Cl)cc4[nH]3)C[C@@H]21. The quantitative estimate of drug-likeness (QED) is 0.432. The highest BCUT2D eigenvalue weighted by Crippen LogP contribution is 2.65. The lowest BCUT2D eigenvalue weighted by atomic mass is 9.95. The zero-order valence-electron chi connectivity index (χ0n) is 19.9. The van der Waals surface area contributed by atoms with Gasteiger partial charge in [-0.3, -0.25) is 19.2 Å². The normalized spacial score (nSPS) is 27.0. The fourth-order valence-corrected chi connectivity index (χ4v) is 6.57. The Balaban J connectivity index is 1.40. The summed E-state index contributed by atoms with van der Waals surface area (Å²) in [5, 5.41) is 16.5. The highest BCUT2D eigenvalue weighted by molar-refractivity contribution is 6.38. The van der Waals surface area contributed by atoms with Crippen molar-refractivity contribution < 1.29 is 24.3 Å². The van der Waals surface area contributed by atoms with E-state index in [4.69, 9.17) is 23.2 Å². The van der Waals surface area contributed by atoms with E-state index < -0.39 is 36.3 Å². The Kier molecular flexibility index (Phi) is 6.29. The number of rotatable bonds is 7. The maximum atomic E-state index is 13.6. The molecule has 4 N–H and O–H groups in total. The third-order valence-electron chi connectivity index (χ3n) is 8.16. The number of carbonyl (C=O) groups is 4. The van der Waals surface area contributed by atoms with Gasteiger partial charge >= 0.3 is 0 Å². The first-order valence-corrected chi connectivity index (χ1v) is 12.8. The second-order valence-corrected chi connectivity index (χ2v) is 11.4. The molecular formula is C25H28Cl2N4O5. The average molecular weight is 535 g/mol. The predicted octanol–water partition coefficient (Wildman–Crippen LogP) is 2.14. The van der Waals surface area contributed by atoms with Gasteiger partial charge in [-0.2, -0.15) is 0 Å². The average Bonchev–Trinajstić information content (AvgIpc) is 3.33. The molecule has 0 unspecified atom stereocenters. The maximum Gasteiger partial charge on any atom is 0.271 e. The number of halogens is 2. The Morgan fingerprint density at radius 1 is 1.25 bits per heavy atom. The minimum absolute atomic E-state index is 0.0662. The number of hydrogen-bond acceptors (Lipinski definition) is 5. The van der Waals surface area contributed by atoms with Crippen molar-refractivity contribution in [1.82, 2.24) is 20.5 Å². The number of amides is 3. The van der Waals surface area contributed by atoms with E-state index in [1.807, 2.05) is 0 Å². The standard InChI is InChI=1S/C25H28Cl2N4O5/c1-25(2)14-9-31(24(36)18-8-13-15(27)6-12(26)7-16(13)29-18)21(20(14)25)23(35)30-17(19(33)10-32)5-11-3-4-28-22(11)34/h6-8,11,14,17,20-21,29,32H,3-5,9-10H2,1-2H3,(H,28,34)(H,30,35)/t11-,14-,17-,20-,21-/m0/s1. The molecule has 9 nitrogen and oxygen atoms in total. The Morgan fingerprint density at radius 2 is 2.00 bits per heavy atom. The molecule has 0 bridgehead atoms. The van der Waals surface area contributed by atoms with E-state index in [0.717, 1.165) is 0 Å². The van der Waals surface area contributed by atoms with Crippen LogP contribution in [0.4, 0.5) is 0 Å². The van der Waals surface area contributed by atoms with Crippen LogP contribution < -0.4 is 10.6 Å². The van der Waals surface area contributed by atoms with Gasteiger partial charge in [0.05, 0.1) is 11.1 Å². The van der Waals surface area contributed by atoms with Gasteiger partial charge in [0, 0.05) is 34.9 Å². The Bertz CT molecular complexity index is 1270. The van der Waals surface area contributed by atoms with Crippen LogP contribution in [0.5, 0.6) is 0 Å². The van der Waals surface area contributed by atoms with Gasteiger partial charge < -0.3 is 25.6 Å². The van der Waals surface area contributed by atoms with E-state index in [9.17, 15) is 24.3 Å². The van der Waals surface area contributed by atoms with Gasteiger partial charge in [-0.15, -0.1) is 0 Å². The summed E-state index contributed by atoms with van der Waals surface area (Å²) in [6, 6.07) is 3.13. The van der Waals surface area contributed by atoms with Crippen molar-refractivity contribution in [1.29, 1.82) is 0 Å². The topological polar surface area (TPSA) is 132 Å². The number of aromatic amines is 1. The molecule has 2 saturated heterocycles. The van der Waals surface area contributed by atoms with Crippen LogP contribution in [0.15, 0.2) is 18.2 Å². The molecule has 2 aliphatic heterocycles. The first kappa shape index (κ1) is 25.0. The molecule has 11 heteroatoms. The first-order chi connectivity index (χ1) is 17.0. The molecule has 3 amide bonds. The van der Waals surface area contributed by atoms with E-state index in [-0.39, 0.29) is 41.2 Å². The minimum Gasteiger partial charge on any atom is -0.389 e. The third-order valence-corrected chi connectivity index (χ3v) is 8.70. The summed E-state index contributed by atoms with van der Waals surface area (Å²) in [5.74, 6) is -1.87. The number of Topliss-reactive ketones (excluding diaryl/α,β-unsaturated/α-hetero) is 1. The largest absolute Gasteiger partial charge is 0.389 e. The van der Waals surface area contributed by atoms with Crippen molar-refractivity contribution in [3.05, 3.63) is 33.9 Å². The molecular weight excluding hydrogens is 507 g/mol. The van der Waals surface area contributed by atoms with Gasteiger partial charge in [0.1, 0.15) is 18.3 Å². The highest BCUT2D eigenvalue weighted by atomic mass is 35.5. The highest BCUT2D eigenvalue weighted by Gasteiger charge is 2.69. The number of ketones is 1. The van der Waals surface area contributed by atoms with E-state index in [1.54, 1.807) is 23.1 Å². The first-order valence-electron chi connectivity index (χ1n) is 12.0. The monoisotopic (exact) mass is 534 g/mol. The predicted molar refractivity (Wildman–Crippen MR) is 134 cm³/mol. The summed E-state index contributed by atoms with van der Waals surface area (Å²) in [4.78, 5) is 56.3. The summed E-state index contributed by atoms with van der Waals surface area (Å²) >= 11 is 12.4. The number of nitrogens with zero attached hydrogens (tertiary/aromatic N) is 1. The number of aliphatic hydroxyl groups excluding tert-OH is 1. The molecule has 2 aromatic rings. The van der Waals surface area contributed by atoms with Gasteiger partial charge in [0.15, 0.2) is 5.78 Å². The molecule has 1 aliphatic carbocycles. The van der Waals surface area contributed by atoms with Crippen molar-refractivity contribution >= 4 is 57.6 Å². The molecule has 0 spiro atoms. The van der Waals surface area contributed by atoms with Crippen LogP contribution in [0.3, 0.4) is 0 Å². The van der Waals surface area contributed by atoms with E-state index in [1.165, 1.54) is 0 Å². The van der Waals surface area contributed by atoms with Crippen molar-refractivity contribution in [3.63, 3.8) is 0 Å². The zero-order chi connectivity index (χ0) is 25.9. The molecule has 0 radical (unpaired) electrons. The number of aromatic nitrogens is 1. The van der Waals surface area contributed by atoms with Crippen LogP contribution >= 0.6 is 23.2 Å². The molecule has 3 heterocycles. The van der Waals surface area contributed by atoms with Crippen molar-refractivity contribution in [2.75, 3.05) is 19.7 Å². The van der Waals surface area contributed by atoms with Gasteiger partial charge in [-0.1, -0.05) is 37.0 Å². The number of fused-ring (bicyclic) bond motifs is 2. The summed E-state index contributed by atoms with van der Waals surface area (Å²) in [6.07, 6.45) is 0.666. The third kappa shape index (κ3) is 4.17. The summed E-state index contributed by atoms with van der Waals surface area (Å²) in [6.45, 7) is 4.30. The molecule has 5 atom stereocenters. The Morgan fingerprint density at radius 3 is 2.67 bits per heavy atom. The van der Waals surface area contributed by atoms with Gasteiger partial charge in [-0.25, -0.2) is 0 Å². The second kappa shape index (κ2) is 9.04. The molecule has 3 fully saturated rings. The number of aliphatic hydroxyl groups is 1. The summed E-state index contributed by atoms with van der Waals surface area (Å²) in [5.41, 5.74) is 0.777. The summed E-state index contributed by atoms with van der Waals surface area (Å²) in [7, 11) is 0. The van der Waals surface area contributed by atoms with Crippen LogP contribution in [0.1, 0.15) is 37.2 Å². The number of likely N-dealkylation sites (tertiary alicyclic amines) is 1. The lowest BCUT2D eigenvalue weighted by Crippen LogP contribution is -2.54. The molecule has 1 aromatic heterocycles. The molecule has 192 valence electrons. The minimum atomic E-state index is -1.01. The smallest absolute Gasteiger partial charge is 0.271 e. The zero-order valence-corrected chi connectivity index (χ0v) is 21.4. The maximum absolute atomic E-state index is 13.6.